The van der Waals surface area contributed by atoms with Gasteiger partial charge in [0.25, 0.3) is 0 Å². The first-order valence-corrected chi connectivity index (χ1v) is 19.3. The van der Waals surface area contributed by atoms with Crippen molar-refractivity contribution in [2.75, 3.05) is 9.80 Å². The number of hydrogen-bond acceptors (Lipinski definition) is 7. The number of benzene rings is 5. The minimum absolute atomic E-state index is 0.594. The summed E-state index contributed by atoms with van der Waals surface area (Å²) < 4.78 is 4.99. The molecule has 5 heterocycles. The lowest BCUT2D eigenvalue weighted by molar-refractivity contribution is 0.931. The molecule has 262 valence electrons. The van der Waals surface area contributed by atoms with Gasteiger partial charge in [0, 0.05) is 72.1 Å². The van der Waals surface area contributed by atoms with Crippen LogP contribution >= 0.6 is 11.3 Å². The number of para-hydroxylation sites is 4. The third-order valence-corrected chi connectivity index (χ3v) is 11.9. The number of hydrogen-bond donors (Lipinski definition) is 0. The Morgan fingerprint density at radius 1 is 0.673 bits per heavy atom. The Morgan fingerprint density at radius 2 is 1.42 bits per heavy atom. The van der Waals surface area contributed by atoms with Gasteiger partial charge in [-0.05, 0) is 62.4 Å². The maximum Gasteiger partial charge on any atom is 0.235 e. The quantitative estimate of drug-likeness (QED) is 0.180. The molecule has 0 atom stereocenters. The zero-order chi connectivity index (χ0) is 36.6. The van der Waals surface area contributed by atoms with E-state index in [1.54, 1.807) is 0 Å². The van der Waals surface area contributed by atoms with Crippen LogP contribution in [0.4, 0.5) is 23.3 Å². The van der Waals surface area contributed by atoms with Crippen molar-refractivity contribution in [1.82, 2.24) is 24.5 Å². The Hall–Kier alpha value is -6.90. The van der Waals surface area contributed by atoms with Crippen LogP contribution in [-0.4, -0.2) is 24.5 Å². The molecular formula is C47H33N7S. The van der Waals surface area contributed by atoms with Crippen LogP contribution in [-0.2, 0) is 6.42 Å². The van der Waals surface area contributed by atoms with Gasteiger partial charge >= 0.3 is 0 Å². The average molecular weight is 728 g/mol. The van der Waals surface area contributed by atoms with Crippen LogP contribution in [0.5, 0.6) is 0 Å². The maximum atomic E-state index is 5.18. The molecule has 2 aliphatic rings. The number of aromatic nitrogens is 5. The average Bonchev–Trinajstić information content (AvgIpc) is 3.64. The fourth-order valence-electron chi connectivity index (χ4n) is 8.21. The second-order valence-corrected chi connectivity index (χ2v) is 15.1. The lowest BCUT2D eigenvalue weighted by Crippen LogP contribution is -2.32. The van der Waals surface area contributed by atoms with Crippen molar-refractivity contribution in [3.63, 3.8) is 0 Å². The number of anilines is 4. The van der Waals surface area contributed by atoms with Gasteiger partial charge in [0.15, 0.2) is 0 Å². The summed E-state index contributed by atoms with van der Waals surface area (Å²) in [7, 11) is 0. The van der Waals surface area contributed by atoms with Gasteiger partial charge in [0.2, 0.25) is 11.9 Å². The van der Waals surface area contributed by atoms with Crippen LogP contribution in [0.1, 0.15) is 25.1 Å². The van der Waals surface area contributed by atoms with E-state index >= 15 is 0 Å². The summed E-state index contributed by atoms with van der Waals surface area (Å²) in [6.07, 6.45) is 15.2. The van der Waals surface area contributed by atoms with Crippen molar-refractivity contribution in [3.05, 3.63) is 169 Å². The molecule has 1 aliphatic heterocycles. The smallest absolute Gasteiger partial charge is 0.235 e. The van der Waals surface area contributed by atoms with Gasteiger partial charge in [-0.1, -0.05) is 91.0 Å². The molecular weight excluding hydrogens is 695 g/mol. The van der Waals surface area contributed by atoms with Crippen molar-refractivity contribution in [1.29, 1.82) is 0 Å². The molecule has 7 nitrogen and oxygen atoms in total. The Balaban J connectivity index is 1.18. The maximum absolute atomic E-state index is 5.18. The van der Waals surface area contributed by atoms with E-state index in [0.717, 1.165) is 62.6 Å². The van der Waals surface area contributed by atoms with E-state index in [4.69, 9.17) is 19.9 Å². The van der Waals surface area contributed by atoms with Gasteiger partial charge < -0.3 is 4.57 Å². The fraction of sp³-hybridized carbons (Fsp3) is 0.0638. The molecule has 0 bridgehead atoms. The van der Waals surface area contributed by atoms with Crippen LogP contribution in [0.25, 0.3) is 64.7 Å². The lowest BCUT2D eigenvalue weighted by atomic mass is 10.1. The van der Waals surface area contributed by atoms with E-state index < -0.39 is 0 Å². The van der Waals surface area contributed by atoms with E-state index in [2.05, 4.69) is 137 Å². The number of allylic oxidation sites excluding steroid dienone is 6. The first-order chi connectivity index (χ1) is 27.1. The predicted octanol–water partition coefficient (Wildman–Crippen LogP) is 12.1. The molecule has 1 aliphatic carbocycles. The van der Waals surface area contributed by atoms with E-state index in [1.807, 2.05) is 54.1 Å². The largest absolute Gasteiger partial charge is 0.313 e. The van der Waals surface area contributed by atoms with Crippen molar-refractivity contribution >= 4 is 99.3 Å². The third kappa shape index (κ3) is 4.95. The topological polar surface area (TPSA) is 63.0 Å². The molecule has 5 aromatic carbocycles. The number of nitrogens with zero attached hydrogens (tertiary/aromatic N) is 7. The molecule has 0 N–H and O–H groups in total. The van der Waals surface area contributed by atoms with Crippen molar-refractivity contribution < 1.29 is 0 Å². The molecule has 0 saturated heterocycles. The molecule has 0 fully saturated rings. The zero-order valence-corrected chi connectivity index (χ0v) is 31.0. The minimum atomic E-state index is 0.594. The van der Waals surface area contributed by atoms with Gasteiger partial charge in [-0.25, -0.2) is 19.9 Å². The van der Waals surface area contributed by atoms with Crippen LogP contribution in [0, 0.1) is 0 Å². The second-order valence-electron chi connectivity index (χ2n) is 14.0. The Bertz CT molecular complexity index is 3180. The fourth-order valence-corrected chi connectivity index (χ4v) is 9.34. The Morgan fingerprint density at radius 3 is 2.33 bits per heavy atom. The van der Waals surface area contributed by atoms with Crippen molar-refractivity contribution in [2.24, 2.45) is 0 Å². The van der Waals surface area contributed by atoms with Crippen molar-refractivity contribution in [2.45, 2.75) is 20.3 Å². The highest BCUT2D eigenvalue weighted by Gasteiger charge is 2.33. The molecule has 0 saturated carbocycles. The highest BCUT2D eigenvalue weighted by molar-refractivity contribution is 7.25. The Labute approximate surface area is 321 Å². The summed E-state index contributed by atoms with van der Waals surface area (Å²) in [5, 5.41) is 6.01. The number of fused-ring (bicyclic) bond motifs is 9. The van der Waals surface area contributed by atoms with Gasteiger partial charge in [-0.15, -0.1) is 11.3 Å². The SMILES string of the molecule is CC1=C(/C=C(\C)n2c3ccccc3c3cc4sc5ccccc5c4cc32)N(c2ncc3ccccc3n2)c2ccccc2N1c1ncc2c(n1)CC=CC=C2. The molecule has 0 spiro atoms. The summed E-state index contributed by atoms with van der Waals surface area (Å²) >= 11 is 1.85. The number of rotatable bonds is 4. The molecule has 0 unspecified atom stereocenters. The third-order valence-electron chi connectivity index (χ3n) is 10.8. The van der Waals surface area contributed by atoms with Gasteiger partial charge in [-0.2, -0.15) is 0 Å². The summed E-state index contributed by atoms with van der Waals surface area (Å²) in [5.74, 6) is 1.22. The highest BCUT2D eigenvalue weighted by Crippen LogP contribution is 2.47. The molecule has 11 rings (SSSR count). The molecule has 0 amide bonds. The summed E-state index contributed by atoms with van der Waals surface area (Å²) in [4.78, 5) is 24.7. The summed E-state index contributed by atoms with van der Waals surface area (Å²) in [5.41, 5.74) is 10.1. The second kappa shape index (κ2) is 12.3. The molecule has 9 aromatic rings. The van der Waals surface area contributed by atoms with Crippen LogP contribution in [0.15, 0.2) is 157 Å². The lowest BCUT2D eigenvalue weighted by Gasteiger charge is -2.38. The van der Waals surface area contributed by atoms with Gasteiger partial charge in [0.05, 0.1) is 39.3 Å². The van der Waals surface area contributed by atoms with Crippen LogP contribution in [0.2, 0.25) is 0 Å². The standard InChI is InChI=1S/C47H33N7S/c1-29(52-39-20-10-7-16-33(39)35-26-45-36(25-43(35)52)34-17-8-13-23-44(34)55-45)24-42-30(2)53(46-48-27-31-14-4-3-5-18-37(31)50-46)40-21-11-12-22-41(40)54(42)47-49-28-32-15-6-9-19-38(32)51-47/h3-17,19-28H,18H2,1-2H3/b29-24+. The van der Waals surface area contributed by atoms with Crippen LogP contribution in [0.3, 0.4) is 0 Å². The Kier molecular flexibility index (Phi) is 7.09. The van der Waals surface area contributed by atoms with Gasteiger partial charge in [-0.3, -0.25) is 9.80 Å². The first-order valence-electron chi connectivity index (χ1n) is 18.4. The minimum Gasteiger partial charge on any atom is -0.313 e. The number of thiophene rings is 1. The van der Waals surface area contributed by atoms with Crippen LogP contribution < -0.4 is 9.80 Å². The predicted molar refractivity (Wildman–Crippen MR) is 229 cm³/mol. The van der Waals surface area contributed by atoms with E-state index in [-0.39, 0.29) is 0 Å². The normalized spacial score (nSPS) is 14.5. The van der Waals surface area contributed by atoms with E-state index in [0.29, 0.717) is 11.9 Å². The highest BCUT2D eigenvalue weighted by atomic mass is 32.1. The van der Waals surface area contributed by atoms with E-state index in [1.165, 1.54) is 36.5 Å². The summed E-state index contributed by atoms with van der Waals surface area (Å²) in [6.45, 7) is 4.34. The van der Waals surface area contributed by atoms with Gasteiger partial charge in [0.1, 0.15) is 0 Å². The molecule has 4 aromatic heterocycles. The van der Waals surface area contributed by atoms with E-state index in [9.17, 15) is 0 Å². The van der Waals surface area contributed by atoms with Crippen molar-refractivity contribution in [3.8, 4) is 0 Å². The molecule has 8 heteroatoms. The zero-order valence-electron chi connectivity index (χ0n) is 30.2. The summed E-state index contributed by atoms with van der Waals surface area (Å²) in [6, 6.07) is 38.7. The molecule has 55 heavy (non-hydrogen) atoms. The first kappa shape index (κ1) is 31.6. The monoisotopic (exact) mass is 727 g/mol. The molecule has 0 radical (unpaired) electrons.